The van der Waals surface area contributed by atoms with Gasteiger partial charge in [-0.1, -0.05) is 0 Å². The fourth-order valence-electron chi connectivity index (χ4n) is 1.49. The third-order valence-electron chi connectivity index (χ3n) is 2.18. The largest absolute Gasteiger partial charge is 0.494 e. The summed E-state index contributed by atoms with van der Waals surface area (Å²) < 4.78 is 67.9. The van der Waals surface area contributed by atoms with E-state index >= 15 is 0 Å². The van der Waals surface area contributed by atoms with Crippen molar-refractivity contribution in [2.75, 3.05) is 7.11 Å². The molecule has 0 amide bonds. The quantitative estimate of drug-likeness (QED) is 0.864. The Balaban J connectivity index is 3.55. The van der Waals surface area contributed by atoms with Crippen molar-refractivity contribution in [1.82, 2.24) is 4.98 Å². The molecule has 106 valence electrons. The van der Waals surface area contributed by atoms with E-state index in [1.54, 1.807) is 0 Å². The topological polar surface area (TPSA) is 59.4 Å². The number of carboxylic acid groups (broad SMARTS) is 1. The van der Waals surface area contributed by atoms with Gasteiger partial charge in [-0.3, -0.25) is 9.78 Å². The van der Waals surface area contributed by atoms with E-state index in [-0.39, 0.29) is 0 Å². The molecule has 0 aliphatic carbocycles. The van der Waals surface area contributed by atoms with Crippen molar-refractivity contribution in [2.24, 2.45) is 0 Å². The Morgan fingerprint density at radius 1 is 1.47 bits per heavy atom. The van der Waals surface area contributed by atoms with Gasteiger partial charge in [0.2, 0.25) is 0 Å². The third-order valence-corrected chi connectivity index (χ3v) is 2.18. The van der Waals surface area contributed by atoms with Gasteiger partial charge >= 0.3 is 12.1 Å². The van der Waals surface area contributed by atoms with Crippen LogP contribution in [-0.4, -0.2) is 23.2 Å². The highest BCUT2D eigenvalue weighted by Crippen LogP contribution is 2.42. The molecule has 1 heterocycles. The summed E-state index contributed by atoms with van der Waals surface area (Å²) in [7, 11) is 0.826. The molecule has 0 unspecified atom stereocenters. The minimum Gasteiger partial charge on any atom is -0.494 e. The molecule has 1 aromatic heterocycles. The second kappa shape index (κ2) is 5.37. The lowest BCUT2D eigenvalue weighted by Gasteiger charge is -2.17. The number of pyridine rings is 1. The molecule has 0 aromatic carbocycles. The standard InChI is InChI=1S/C10H8F5NO3/c1-19-8-5(2-6(17)18)16-3-4(9(11)12)7(8)10(13,14)15/h3,9H,2H2,1H3,(H,17,18). The SMILES string of the molecule is COc1c(CC(=O)O)ncc(C(F)F)c1C(F)(F)F. The van der Waals surface area contributed by atoms with Crippen LogP contribution >= 0.6 is 0 Å². The normalized spacial score (nSPS) is 11.7. The molecule has 9 heteroatoms. The van der Waals surface area contributed by atoms with Gasteiger partial charge in [-0.05, 0) is 0 Å². The molecular weight excluding hydrogens is 277 g/mol. The van der Waals surface area contributed by atoms with Gasteiger partial charge in [-0.15, -0.1) is 0 Å². The van der Waals surface area contributed by atoms with Crippen LogP contribution in [0.2, 0.25) is 0 Å². The van der Waals surface area contributed by atoms with Crippen molar-refractivity contribution < 1.29 is 36.6 Å². The van der Waals surface area contributed by atoms with Crippen molar-refractivity contribution in [2.45, 2.75) is 19.0 Å². The average molecular weight is 285 g/mol. The van der Waals surface area contributed by atoms with Crippen molar-refractivity contribution in [3.05, 3.63) is 23.0 Å². The number of alkyl halides is 5. The fourth-order valence-corrected chi connectivity index (χ4v) is 1.49. The van der Waals surface area contributed by atoms with Gasteiger partial charge in [0.1, 0.15) is 5.56 Å². The Morgan fingerprint density at radius 3 is 2.42 bits per heavy atom. The molecule has 4 nitrogen and oxygen atoms in total. The zero-order valence-corrected chi connectivity index (χ0v) is 9.46. The first-order valence-corrected chi connectivity index (χ1v) is 4.81. The highest BCUT2D eigenvalue weighted by Gasteiger charge is 2.41. The summed E-state index contributed by atoms with van der Waals surface area (Å²) in [5.41, 5.74) is -3.61. The maximum absolute atomic E-state index is 12.8. The van der Waals surface area contributed by atoms with Crippen molar-refractivity contribution in [3.8, 4) is 5.75 Å². The van der Waals surface area contributed by atoms with E-state index in [0.29, 0.717) is 6.20 Å². The molecule has 1 rings (SSSR count). The maximum atomic E-state index is 12.8. The number of rotatable bonds is 4. The van der Waals surface area contributed by atoms with Crippen LogP contribution < -0.4 is 4.74 Å². The minimum atomic E-state index is -5.10. The van der Waals surface area contributed by atoms with Gasteiger partial charge < -0.3 is 9.84 Å². The monoisotopic (exact) mass is 285 g/mol. The summed E-state index contributed by atoms with van der Waals surface area (Å²) in [6.45, 7) is 0. The van der Waals surface area contributed by atoms with E-state index in [9.17, 15) is 26.7 Å². The van der Waals surface area contributed by atoms with Crippen LogP contribution in [0.15, 0.2) is 6.20 Å². The van der Waals surface area contributed by atoms with Gasteiger partial charge in [0, 0.05) is 6.20 Å². The van der Waals surface area contributed by atoms with Gasteiger partial charge in [0.25, 0.3) is 6.43 Å². The van der Waals surface area contributed by atoms with Crippen molar-refractivity contribution >= 4 is 5.97 Å². The molecule has 0 atom stereocenters. The minimum absolute atomic E-state index is 0.314. The van der Waals surface area contributed by atoms with Crippen molar-refractivity contribution in [1.29, 1.82) is 0 Å². The Hall–Kier alpha value is -1.93. The van der Waals surface area contributed by atoms with Gasteiger partial charge in [-0.2, -0.15) is 13.2 Å². The number of methoxy groups -OCH3 is 1. The van der Waals surface area contributed by atoms with Gasteiger partial charge in [0.05, 0.1) is 24.8 Å². The van der Waals surface area contributed by atoms with Gasteiger partial charge in [-0.25, -0.2) is 8.78 Å². The van der Waals surface area contributed by atoms with Crippen LogP contribution in [0.5, 0.6) is 5.75 Å². The fraction of sp³-hybridized carbons (Fsp3) is 0.400. The number of carbonyl (C=O) groups is 1. The first-order chi connectivity index (χ1) is 8.68. The molecule has 0 radical (unpaired) electrons. The number of carboxylic acids is 1. The number of hydrogen-bond donors (Lipinski definition) is 1. The second-order valence-electron chi connectivity index (χ2n) is 3.44. The summed E-state index contributed by atoms with van der Waals surface area (Å²) in [5, 5.41) is 8.53. The summed E-state index contributed by atoms with van der Waals surface area (Å²) in [4.78, 5) is 13.8. The molecule has 0 spiro atoms. The predicted molar refractivity (Wildman–Crippen MR) is 52.1 cm³/mol. The number of nitrogens with zero attached hydrogens (tertiary/aromatic N) is 1. The molecule has 0 saturated carbocycles. The highest BCUT2D eigenvalue weighted by molar-refractivity contribution is 5.71. The van der Waals surface area contributed by atoms with E-state index in [1.165, 1.54) is 0 Å². The predicted octanol–water partition coefficient (Wildman–Crippen LogP) is 2.67. The summed E-state index contributed by atoms with van der Waals surface area (Å²) >= 11 is 0. The molecule has 0 saturated heterocycles. The molecule has 0 aliphatic rings. The first kappa shape index (κ1) is 15.1. The molecule has 1 aromatic rings. The Kier molecular flexibility index (Phi) is 4.28. The summed E-state index contributed by atoms with van der Waals surface area (Å²) in [5.74, 6) is -2.45. The molecular formula is C10H8F5NO3. The molecule has 19 heavy (non-hydrogen) atoms. The Bertz CT molecular complexity index is 487. The van der Waals surface area contributed by atoms with E-state index in [4.69, 9.17) is 5.11 Å². The zero-order chi connectivity index (χ0) is 14.8. The maximum Gasteiger partial charge on any atom is 0.420 e. The van der Waals surface area contributed by atoms with E-state index in [2.05, 4.69) is 9.72 Å². The Morgan fingerprint density at radius 2 is 2.05 bits per heavy atom. The number of halogens is 5. The van der Waals surface area contributed by atoms with Crippen molar-refractivity contribution in [3.63, 3.8) is 0 Å². The van der Waals surface area contributed by atoms with Crippen LogP contribution in [0.4, 0.5) is 22.0 Å². The highest BCUT2D eigenvalue weighted by atomic mass is 19.4. The van der Waals surface area contributed by atoms with Crippen LogP contribution in [0.3, 0.4) is 0 Å². The number of aromatic nitrogens is 1. The number of aliphatic carboxylic acids is 1. The van der Waals surface area contributed by atoms with Crippen LogP contribution in [0, 0.1) is 0 Å². The number of hydrogen-bond acceptors (Lipinski definition) is 3. The lowest BCUT2D eigenvalue weighted by atomic mass is 10.1. The first-order valence-electron chi connectivity index (χ1n) is 4.81. The second-order valence-corrected chi connectivity index (χ2v) is 3.44. The zero-order valence-electron chi connectivity index (χ0n) is 9.46. The van der Waals surface area contributed by atoms with Crippen LogP contribution in [0.1, 0.15) is 23.2 Å². The summed E-state index contributed by atoms with van der Waals surface area (Å²) in [6.07, 6.45) is -9.06. The average Bonchev–Trinajstić information content (AvgIpc) is 2.25. The van der Waals surface area contributed by atoms with Crippen LogP contribution in [-0.2, 0) is 17.4 Å². The molecule has 0 aliphatic heterocycles. The van der Waals surface area contributed by atoms with E-state index in [0.717, 1.165) is 7.11 Å². The smallest absolute Gasteiger partial charge is 0.420 e. The lowest BCUT2D eigenvalue weighted by molar-refractivity contribution is -0.141. The molecule has 0 fully saturated rings. The van der Waals surface area contributed by atoms with E-state index < -0.39 is 47.6 Å². The van der Waals surface area contributed by atoms with Gasteiger partial charge in [0.15, 0.2) is 5.75 Å². The van der Waals surface area contributed by atoms with E-state index in [1.807, 2.05) is 0 Å². The molecule has 1 N–H and O–H groups in total. The Labute approximate surface area is 103 Å². The van der Waals surface area contributed by atoms with Crippen LogP contribution in [0.25, 0.3) is 0 Å². The molecule has 0 bridgehead atoms. The third kappa shape index (κ3) is 3.30. The number of ether oxygens (including phenoxy) is 1. The lowest BCUT2D eigenvalue weighted by Crippen LogP contribution is -2.16. The summed E-state index contributed by atoms with van der Waals surface area (Å²) in [6, 6.07) is 0.